The van der Waals surface area contributed by atoms with Crippen LogP contribution in [0.15, 0.2) is 45.1 Å². The SMILES string of the molecule is Cc1nn(CN2CCN(S(=O)(=O)/C=C/c3ccccc3)CC2)c(=O)c2noc(C)c12. The normalized spacial score (nSPS) is 16.6. The molecule has 10 heteroatoms. The molecule has 3 aromatic rings. The van der Waals surface area contributed by atoms with Crippen molar-refractivity contribution in [2.24, 2.45) is 0 Å². The Hall–Kier alpha value is -2.82. The van der Waals surface area contributed by atoms with Crippen LogP contribution in [-0.4, -0.2) is 58.7 Å². The fourth-order valence-electron chi connectivity index (χ4n) is 3.57. The maximum atomic E-state index is 12.6. The molecule has 1 aromatic carbocycles. The van der Waals surface area contributed by atoms with E-state index in [1.165, 1.54) is 14.4 Å². The monoisotopic (exact) mass is 429 g/mol. The van der Waals surface area contributed by atoms with Gasteiger partial charge in [0.05, 0.1) is 17.7 Å². The van der Waals surface area contributed by atoms with Gasteiger partial charge < -0.3 is 4.52 Å². The van der Waals surface area contributed by atoms with Crippen molar-refractivity contribution in [2.75, 3.05) is 26.2 Å². The van der Waals surface area contributed by atoms with Crippen molar-refractivity contribution in [3.05, 3.63) is 63.1 Å². The second kappa shape index (κ2) is 8.13. The molecular weight excluding hydrogens is 406 g/mol. The number of hydrogen-bond donors (Lipinski definition) is 0. The lowest BCUT2D eigenvalue weighted by atomic mass is 10.2. The molecule has 1 saturated heterocycles. The first-order chi connectivity index (χ1) is 14.3. The molecule has 1 aliphatic rings. The van der Waals surface area contributed by atoms with Gasteiger partial charge in [0.25, 0.3) is 5.56 Å². The van der Waals surface area contributed by atoms with Crippen LogP contribution < -0.4 is 5.56 Å². The summed E-state index contributed by atoms with van der Waals surface area (Å²) in [5.41, 5.74) is 1.47. The summed E-state index contributed by atoms with van der Waals surface area (Å²) in [7, 11) is -3.50. The lowest BCUT2D eigenvalue weighted by Gasteiger charge is -2.33. The number of rotatable bonds is 5. The van der Waals surface area contributed by atoms with E-state index in [2.05, 4.69) is 10.3 Å². The molecule has 0 bridgehead atoms. The Bertz CT molecular complexity index is 1240. The number of fused-ring (bicyclic) bond motifs is 1. The predicted octanol–water partition coefficient (Wildman–Crippen LogP) is 1.58. The molecule has 0 N–H and O–H groups in total. The summed E-state index contributed by atoms with van der Waals surface area (Å²) in [6.07, 6.45) is 1.60. The average molecular weight is 430 g/mol. The topological polar surface area (TPSA) is 102 Å². The van der Waals surface area contributed by atoms with Gasteiger partial charge in [-0.3, -0.25) is 9.69 Å². The van der Waals surface area contributed by atoms with Crippen LogP contribution in [-0.2, 0) is 16.7 Å². The van der Waals surface area contributed by atoms with E-state index in [0.717, 1.165) is 5.56 Å². The summed E-state index contributed by atoms with van der Waals surface area (Å²) >= 11 is 0. The molecule has 9 nitrogen and oxygen atoms in total. The minimum absolute atomic E-state index is 0.271. The molecule has 4 rings (SSSR count). The highest BCUT2D eigenvalue weighted by Gasteiger charge is 2.26. The lowest BCUT2D eigenvalue weighted by Crippen LogP contribution is -2.49. The van der Waals surface area contributed by atoms with E-state index in [9.17, 15) is 13.2 Å². The fraction of sp³-hybridized carbons (Fsp3) is 0.350. The summed E-state index contributed by atoms with van der Waals surface area (Å²) in [6.45, 7) is 5.53. The Labute approximate surface area is 174 Å². The third-order valence-corrected chi connectivity index (χ3v) is 6.75. The highest BCUT2D eigenvalue weighted by atomic mass is 32.2. The zero-order valence-corrected chi connectivity index (χ0v) is 17.7. The van der Waals surface area contributed by atoms with Crippen molar-refractivity contribution < 1.29 is 12.9 Å². The Kier molecular flexibility index (Phi) is 5.54. The Balaban J connectivity index is 1.43. The van der Waals surface area contributed by atoms with Gasteiger partial charge in [0, 0.05) is 31.6 Å². The van der Waals surface area contributed by atoms with Gasteiger partial charge in [-0.2, -0.15) is 9.40 Å². The minimum Gasteiger partial charge on any atom is -0.360 e. The first-order valence-corrected chi connectivity index (χ1v) is 11.1. The number of nitrogens with zero attached hydrogens (tertiary/aromatic N) is 5. The van der Waals surface area contributed by atoms with E-state index in [0.29, 0.717) is 43.0 Å². The van der Waals surface area contributed by atoms with E-state index in [1.54, 1.807) is 13.0 Å². The van der Waals surface area contributed by atoms with Gasteiger partial charge >= 0.3 is 0 Å². The van der Waals surface area contributed by atoms with Gasteiger partial charge in [-0.1, -0.05) is 35.5 Å². The molecule has 0 amide bonds. The Morgan fingerprint density at radius 2 is 1.80 bits per heavy atom. The summed E-state index contributed by atoms with van der Waals surface area (Å²) in [5.74, 6) is 0.571. The molecule has 0 radical (unpaired) electrons. The summed E-state index contributed by atoms with van der Waals surface area (Å²) in [5, 5.41) is 10.1. The molecule has 2 aromatic heterocycles. The van der Waals surface area contributed by atoms with Gasteiger partial charge in [0.1, 0.15) is 5.76 Å². The predicted molar refractivity (Wildman–Crippen MR) is 113 cm³/mol. The van der Waals surface area contributed by atoms with E-state index >= 15 is 0 Å². The molecule has 1 aliphatic heterocycles. The second-order valence-electron chi connectivity index (χ2n) is 7.27. The Morgan fingerprint density at radius 1 is 1.10 bits per heavy atom. The second-order valence-corrected chi connectivity index (χ2v) is 9.09. The van der Waals surface area contributed by atoms with E-state index in [-0.39, 0.29) is 17.7 Å². The number of benzene rings is 1. The van der Waals surface area contributed by atoms with Crippen LogP contribution in [0.4, 0.5) is 0 Å². The third kappa shape index (κ3) is 4.07. The zero-order chi connectivity index (χ0) is 21.3. The van der Waals surface area contributed by atoms with Crippen LogP contribution in [0.1, 0.15) is 17.0 Å². The number of aromatic nitrogens is 3. The molecule has 1 fully saturated rings. The molecule has 0 spiro atoms. The molecule has 0 unspecified atom stereocenters. The molecule has 158 valence electrons. The summed E-state index contributed by atoms with van der Waals surface area (Å²) in [6, 6.07) is 9.31. The maximum Gasteiger partial charge on any atom is 0.298 e. The van der Waals surface area contributed by atoms with Gasteiger partial charge in [-0.15, -0.1) is 0 Å². The first kappa shape index (κ1) is 20.5. The largest absolute Gasteiger partial charge is 0.360 e. The van der Waals surface area contributed by atoms with Crippen LogP contribution in [0, 0.1) is 13.8 Å². The number of aryl methyl sites for hydroxylation is 2. The summed E-state index contributed by atoms with van der Waals surface area (Å²) in [4.78, 5) is 14.6. The lowest BCUT2D eigenvalue weighted by molar-refractivity contribution is 0.143. The quantitative estimate of drug-likeness (QED) is 0.607. The standard InChI is InChI=1S/C20H23N5O4S/c1-15-18-16(2)29-22-19(18)20(26)25(21-15)14-23-9-11-24(12-10-23)30(27,28)13-8-17-6-4-3-5-7-17/h3-8,13H,9-12,14H2,1-2H3/b13-8+. The average Bonchev–Trinajstić information content (AvgIpc) is 3.14. The summed E-state index contributed by atoms with van der Waals surface area (Å²) < 4.78 is 33.2. The number of piperazine rings is 1. The van der Waals surface area contributed by atoms with Crippen molar-refractivity contribution in [1.82, 2.24) is 24.1 Å². The zero-order valence-electron chi connectivity index (χ0n) is 16.9. The molecule has 0 aliphatic carbocycles. The minimum atomic E-state index is -3.50. The van der Waals surface area contributed by atoms with Crippen molar-refractivity contribution in [3.63, 3.8) is 0 Å². The van der Waals surface area contributed by atoms with Gasteiger partial charge in [-0.25, -0.2) is 13.1 Å². The molecule has 0 atom stereocenters. The molecular formula is C20H23N5O4S. The van der Waals surface area contributed by atoms with Crippen molar-refractivity contribution >= 4 is 27.0 Å². The molecule has 30 heavy (non-hydrogen) atoms. The molecule has 0 saturated carbocycles. The van der Waals surface area contributed by atoms with Crippen LogP contribution in [0.5, 0.6) is 0 Å². The maximum absolute atomic E-state index is 12.6. The van der Waals surface area contributed by atoms with Gasteiger partial charge in [0.15, 0.2) is 5.52 Å². The van der Waals surface area contributed by atoms with E-state index in [4.69, 9.17) is 4.52 Å². The number of sulfonamides is 1. The van der Waals surface area contributed by atoms with Crippen LogP contribution in [0.2, 0.25) is 0 Å². The van der Waals surface area contributed by atoms with Crippen molar-refractivity contribution in [3.8, 4) is 0 Å². The highest BCUT2D eigenvalue weighted by molar-refractivity contribution is 7.92. The molecule has 3 heterocycles. The third-order valence-electron chi connectivity index (χ3n) is 5.19. The van der Waals surface area contributed by atoms with Crippen molar-refractivity contribution in [1.29, 1.82) is 0 Å². The first-order valence-electron chi connectivity index (χ1n) is 9.64. The van der Waals surface area contributed by atoms with Crippen molar-refractivity contribution in [2.45, 2.75) is 20.5 Å². The highest BCUT2D eigenvalue weighted by Crippen LogP contribution is 2.17. The van der Waals surface area contributed by atoms with Gasteiger partial charge in [-0.05, 0) is 25.5 Å². The van der Waals surface area contributed by atoms with E-state index in [1.807, 2.05) is 42.2 Å². The van der Waals surface area contributed by atoms with Gasteiger partial charge in [0.2, 0.25) is 10.0 Å². The number of hydrogen-bond acceptors (Lipinski definition) is 7. The van der Waals surface area contributed by atoms with Crippen LogP contribution in [0.25, 0.3) is 17.0 Å². The van der Waals surface area contributed by atoms with Crippen LogP contribution >= 0.6 is 0 Å². The smallest absolute Gasteiger partial charge is 0.298 e. The Morgan fingerprint density at radius 3 is 2.50 bits per heavy atom. The fourth-order valence-corrected chi connectivity index (χ4v) is 4.74. The van der Waals surface area contributed by atoms with E-state index < -0.39 is 10.0 Å². The van der Waals surface area contributed by atoms with Crippen LogP contribution in [0.3, 0.4) is 0 Å².